The van der Waals surface area contributed by atoms with E-state index in [0.29, 0.717) is 5.92 Å². The van der Waals surface area contributed by atoms with Crippen molar-refractivity contribution >= 4 is 5.78 Å². The van der Waals surface area contributed by atoms with Gasteiger partial charge in [-0.05, 0) is 50.3 Å². The fraction of sp³-hybridized carbons (Fsp3) is 0.462. The second-order valence-electron chi connectivity index (χ2n) is 4.32. The third-order valence-corrected chi connectivity index (χ3v) is 3.08. The fourth-order valence-corrected chi connectivity index (χ4v) is 1.99. The highest BCUT2D eigenvalue weighted by Crippen LogP contribution is 2.36. The lowest BCUT2D eigenvalue weighted by molar-refractivity contribution is 0.101. The molecule has 0 atom stereocenters. The molecule has 0 radical (unpaired) electrons. The summed E-state index contributed by atoms with van der Waals surface area (Å²) in [7, 11) is 0. The van der Waals surface area contributed by atoms with Crippen molar-refractivity contribution in [1.29, 1.82) is 0 Å². The molecule has 1 aromatic rings. The first-order valence-corrected chi connectivity index (χ1v) is 5.29. The number of carbonyl (C=O) groups is 1. The van der Waals surface area contributed by atoms with Crippen molar-refractivity contribution in [3.63, 3.8) is 0 Å². The number of rotatable bonds is 2. The molecule has 1 aromatic carbocycles. The third-order valence-electron chi connectivity index (χ3n) is 3.08. The zero-order valence-electron chi connectivity index (χ0n) is 8.84. The molecule has 74 valence electrons. The van der Waals surface area contributed by atoms with Crippen LogP contribution in [-0.2, 0) is 0 Å². The van der Waals surface area contributed by atoms with E-state index in [1.807, 2.05) is 6.07 Å². The second kappa shape index (κ2) is 3.56. The van der Waals surface area contributed by atoms with E-state index in [2.05, 4.69) is 19.1 Å². The Labute approximate surface area is 85.1 Å². The standard InChI is InChI=1S/C13H16O/c1-9-6-12(10(2)14)8-13(7-9)11-4-3-5-11/h6-8,11H,3-5H2,1-2H3. The summed E-state index contributed by atoms with van der Waals surface area (Å²) in [5, 5.41) is 0. The highest BCUT2D eigenvalue weighted by molar-refractivity contribution is 5.94. The molecular formula is C13H16O. The van der Waals surface area contributed by atoms with Crippen LogP contribution in [0.5, 0.6) is 0 Å². The van der Waals surface area contributed by atoms with Crippen LogP contribution < -0.4 is 0 Å². The average Bonchev–Trinajstić information content (AvgIpc) is 1.99. The van der Waals surface area contributed by atoms with Crippen LogP contribution >= 0.6 is 0 Å². The SMILES string of the molecule is CC(=O)c1cc(C)cc(C2CCC2)c1. The summed E-state index contributed by atoms with van der Waals surface area (Å²) in [6.07, 6.45) is 3.93. The second-order valence-corrected chi connectivity index (χ2v) is 4.32. The van der Waals surface area contributed by atoms with Crippen LogP contribution in [0.25, 0.3) is 0 Å². The predicted octanol–water partition coefficient (Wildman–Crippen LogP) is 3.47. The molecule has 0 saturated heterocycles. The molecule has 0 N–H and O–H groups in total. The summed E-state index contributed by atoms with van der Waals surface area (Å²) in [6.45, 7) is 3.70. The molecular weight excluding hydrogens is 172 g/mol. The Morgan fingerprint density at radius 2 is 2.00 bits per heavy atom. The molecule has 1 fully saturated rings. The molecule has 14 heavy (non-hydrogen) atoms. The fourth-order valence-electron chi connectivity index (χ4n) is 1.99. The van der Waals surface area contributed by atoms with Gasteiger partial charge in [0.2, 0.25) is 0 Å². The van der Waals surface area contributed by atoms with E-state index in [9.17, 15) is 4.79 Å². The normalized spacial score (nSPS) is 16.4. The first kappa shape index (κ1) is 9.45. The Hall–Kier alpha value is -1.11. The summed E-state index contributed by atoms with van der Waals surface area (Å²) >= 11 is 0. The van der Waals surface area contributed by atoms with Crippen molar-refractivity contribution in [2.45, 2.75) is 39.0 Å². The van der Waals surface area contributed by atoms with Crippen molar-refractivity contribution in [2.75, 3.05) is 0 Å². The minimum absolute atomic E-state index is 0.175. The van der Waals surface area contributed by atoms with Gasteiger partial charge in [0.1, 0.15) is 0 Å². The van der Waals surface area contributed by atoms with Crippen molar-refractivity contribution in [3.05, 3.63) is 34.9 Å². The molecule has 0 aliphatic heterocycles. The topological polar surface area (TPSA) is 17.1 Å². The van der Waals surface area contributed by atoms with Crippen LogP contribution in [0.2, 0.25) is 0 Å². The Morgan fingerprint density at radius 3 is 2.50 bits per heavy atom. The smallest absolute Gasteiger partial charge is 0.159 e. The van der Waals surface area contributed by atoms with Gasteiger partial charge in [-0.3, -0.25) is 4.79 Å². The summed E-state index contributed by atoms with van der Waals surface area (Å²) < 4.78 is 0. The van der Waals surface area contributed by atoms with E-state index in [-0.39, 0.29) is 5.78 Å². The molecule has 1 aliphatic carbocycles. The maximum absolute atomic E-state index is 11.3. The molecule has 1 saturated carbocycles. The maximum atomic E-state index is 11.3. The van der Waals surface area contributed by atoms with Gasteiger partial charge in [-0.25, -0.2) is 0 Å². The molecule has 0 amide bonds. The van der Waals surface area contributed by atoms with Gasteiger partial charge >= 0.3 is 0 Å². The largest absolute Gasteiger partial charge is 0.295 e. The van der Waals surface area contributed by atoms with Gasteiger partial charge in [0.25, 0.3) is 0 Å². The van der Waals surface area contributed by atoms with Crippen molar-refractivity contribution < 1.29 is 4.79 Å². The lowest BCUT2D eigenvalue weighted by Crippen LogP contribution is -2.09. The number of aryl methyl sites for hydroxylation is 1. The van der Waals surface area contributed by atoms with Crippen molar-refractivity contribution in [2.24, 2.45) is 0 Å². The Bertz CT molecular complexity index is 361. The van der Waals surface area contributed by atoms with Crippen LogP contribution in [0.15, 0.2) is 18.2 Å². The van der Waals surface area contributed by atoms with Gasteiger partial charge in [-0.2, -0.15) is 0 Å². The summed E-state index contributed by atoms with van der Waals surface area (Å²) in [5.41, 5.74) is 3.44. The first-order valence-electron chi connectivity index (χ1n) is 5.29. The van der Waals surface area contributed by atoms with E-state index < -0.39 is 0 Å². The van der Waals surface area contributed by atoms with Crippen LogP contribution in [0.3, 0.4) is 0 Å². The van der Waals surface area contributed by atoms with Crippen LogP contribution in [-0.4, -0.2) is 5.78 Å². The van der Waals surface area contributed by atoms with E-state index in [1.165, 1.54) is 30.4 Å². The monoisotopic (exact) mass is 188 g/mol. The molecule has 2 rings (SSSR count). The predicted molar refractivity (Wildman–Crippen MR) is 57.8 cm³/mol. The van der Waals surface area contributed by atoms with Crippen LogP contribution in [0.4, 0.5) is 0 Å². The number of hydrogen-bond donors (Lipinski definition) is 0. The number of hydrogen-bond acceptors (Lipinski definition) is 1. The van der Waals surface area contributed by atoms with Crippen molar-refractivity contribution in [1.82, 2.24) is 0 Å². The van der Waals surface area contributed by atoms with Gasteiger partial charge in [-0.15, -0.1) is 0 Å². The third kappa shape index (κ3) is 1.72. The quantitative estimate of drug-likeness (QED) is 0.649. The first-order chi connectivity index (χ1) is 6.66. The van der Waals surface area contributed by atoms with Gasteiger partial charge in [0.05, 0.1) is 0 Å². The van der Waals surface area contributed by atoms with Crippen LogP contribution in [0, 0.1) is 6.92 Å². The Balaban J connectivity index is 2.35. The lowest BCUT2D eigenvalue weighted by atomic mass is 9.79. The molecule has 0 spiro atoms. The molecule has 0 unspecified atom stereocenters. The minimum Gasteiger partial charge on any atom is -0.295 e. The summed E-state index contributed by atoms with van der Waals surface area (Å²) in [5.74, 6) is 0.891. The van der Waals surface area contributed by atoms with E-state index in [0.717, 1.165) is 5.56 Å². The zero-order valence-corrected chi connectivity index (χ0v) is 8.84. The molecule has 0 heterocycles. The maximum Gasteiger partial charge on any atom is 0.159 e. The number of benzene rings is 1. The van der Waals surface area contributed by atoms with Crippen molar-refractivity contribution in [3.8, 4) is 0 Å². The zero-order chi connectivity index (χ0) is 10.1. The summed E-state index contributed by atoms with van der Waals surface area (Å²) in [4.78, 5) is 11.3. The molecule has 0 bridgehead atoms. The minimum atomic E-state index is 0.175. The molecule has 1 nitrogen and oxygen atoms in total. The van der Waals surface area contributed by atoms with Gasteiger partial charge < -0.3 is 0 Å². The molecule has 1 heteroatoms. The Kier molecular flexibility index (Phi) is 2.40. The van der Waals surface area contributed by atoms with E-state index in [1.54, 1.807) is 6.92 Å². The molecule has 1 aliphatic rings. The average molecular weight is 188 g/mol. The van der Waals surface area contributed by atoms with E-state index >= 15 is 0 Å². The number of Topliss-reactive ketones (excluding diaryl/α,β-unsaturated/α-hetero) is 1. The highest BCUT2D eigenvalue weighted by Gasteiger charge is 2.20. The van der Waals surface area contributed by atoms with Crippen LogP contribution in [0.1, 0.15) is 53.6 Å². The Morgan fingerprint density at radius 1 is 1.29 bits per heavy atom. The lowest BCUT2D eigenvalue weighted by Gasteiger charge is -2.26. The number of carbonyl (C=O) groups excluding carboxylic acids is 1. The van der Waals surface area contributed by atoms with Gasteiger partial charge in [0.15, 0.2) is 5.78 Å². The van der Waals surface area contributed by atoms with Gasteiger partial charge in [-0.1, -0.05) is 18.1 Å². The van der Waals surface area contributed by atoms with Gasteiger partial charge in [0, 0.05) is 5.56 Å². The number of ketones is 1. The highest BCUT2D eigenvalue weighted by atomic mass is 16.1. The van der Waals surface area contributed by atoms with E-state index in [4.69, 9.17) is 0 Å². The molecule has 0 aromatic heterocycles. The summed E-state index contributed by atoms with van der Waals surface area (Å²) in [6, 6.07) is 6.26.